The number of halogens is 1. The van der Waals surface area contributed by atoms with Crippen molar-refractivity contribution in [2.24, 2.45) is 0 Å². The maximum absolute atomic E-state index is 8.58. The van der Waals surface area contributed by atoms with Gasteiger partial charge in [-0.2, -0.15) is 0 Å². The minimum Gasteiger partial charge on any atom is -0.423 e. The average molecular weight is 207 g/mol. The van der Waals surface area contributed by atoms with Gasteiger partial charge in [-0.05, 0) is 32.8 Å². The van der Waals surface area contributed by atoms with Gasteiger partial charge < -0.3 is 10.0 Å². The lowest BCUT2D eigenvalue weighted by Gasteiger charge is -1.87. The van der Waals surface area contributed by atoms with E-state index in [4.69, 9.17) is 10.0 Å². The Kier molecular flexibility index (Phi) is 2.29. The van der Waals surface area contributed by atoms with Gasteiger partial charge in [0.25, 0.3) is 0 Å². The van der Waals surface area contributed by atoms with Gasteiger partial charge in [0.1, 0.15) is 0 Å². The molecule has 1 rings (SSSR count). The molecule has 0 aliphatic rings. The van der Waals surface area contributed by atoms with Crippen LogP contribution in [0.15, 0.2) is 15.2 Å². The zero-order chi connectivity index (χ0) is 6.85. The van der Waals surface area contributed by atoms with Crippen LogP contribution >= 0.6 is 27.3 Å². The zero-order valence-electron chi connectivity index (χ0n) is 4.41. The first-order chi connectivity index (χ1) is 4.20. The molecule has 5 heteroatoms. The maximum atomic E-state index is 8.58. The van der Waals surface area contributed by atoms with Gasteiger partial charge in [-0.15, -0.1) is 11.3 Å². The molecule has 0 aliphatic heterocycles. The summed E-state index contributed by atoms with van der Waals surface area (Å²) in [5.74, 6) is 0. The van der Waals surface area contributed by atoms with E-state index in [0.29, 0.717) is 5.46 Å². The highest BCUT2D eigenvalue weighted by molar-refractivity contribution is 9.11. The number of hydrogen-bond acceptors (Lipinski definition) is 3. The van der Waals surface area contributed by atoms with Gasteiger partial charge in [0.15, 0.2) is 0 Å². The third kappa shape index (κ3) is 1.79. The molecule has 1 aromatic rings. The lowest BCUT2D eigenvalue weighted by Crippen LogP contribution is -2.27. The van der Waals surface area contributed by atoms with E-state index < -0.39 is 7.12 Å². The smallest absolute Gasteiger partial charge is 0.423 e. The molecule has 0 saturated carbocycles. The molecule has 0 bridgehead atoms. The molecule has 2 N–H and O–H groups in total. The van der Waals surface area contributed by atoms with Crippen molar-refractivity contribution in [2.45, 2.75) is 0 Å². The predicted octanol–water partition coefficient (Wildman–Crippen LogP) is 0.190. The molecule has 0 unspecified atom stereocenters. The summed E-state index contributed by atoms with van der Waals surface area (Å²) < 4.78 is 0.908. The van der Waals surface area contributed by atoms with Crippen molar-refractivity contribution in [3.8, 4) is 0 Å². The Morgan fingerprint density at radius 1 is 1.56 bits per heavy atom. The number of thiophene rings is 1. The van der Waals surface area contributed by atoms with Gasteiger partial charge in [0.2, 0.25) is 0 Å². The summed E-state index contributed by atoms with van der Waals surface area (Å²) >= 11 is 4.63. The zero-order valence-corrected chi connectivity index (χ0v) is 6.82. The summed E-state index contributed by atoms with van der Waals surface area (Å²) in [5.41, 5.74) is 0.534. The Balaban J connectivity index is 2.85. The highest BCUT2D eigenvalue weighted by Crippen LogP contribution is 2.14. The molecule has 0 radical (unpaired) electrons. The van der Waals surface area contributed by atoms with E-state index in [1.165, 1.54) is 11.3 Å². The molecule has 0 atom stereocenters. The van der Waals surface area contributed by atoms with Crippen LogP contribution in [-0.4, -0.2) is 17.2 Å². The van der Waals surface area contributed by atoms with Crippen molar-refractivity contribution in [1.82, 2.24) is 0 Å². The van der Waals surface area contributed by atoms with Gasteiger partial charge in [0, 0.05) is 0 Å². The largest absolute Gasteiger partial charge is 0.489 e. The second-order valence-electron chi connectivity index (χ2n) is 1.56. The SMILES string of the molecule is OB(O)c1csc(Br)c1. The third-order valence-corrected chi connectivity index (χ3v) is 2.41. The van der Waals surface area contributed by atoms with Crippen molar-refractivity contribution in [1.29, 1.82) is 0 Å². The fraction of sp³-hybridized carbons (Fsp3) is 0. The van der Waals surface area contributed by atoms with Crippen LogP contribution in [0.2, 0.25) is 0 Å². The molecule has 0 amide bonds. The maximum Gasteiger partial charge on any atom is 0.489 e. The van der Waals surface area contributed by atoms with Gasteiger partial charge in [-0.3, -0.25) is 0 Å². The van der Waals surface area contributed by atoms with Crippen LogP contribution in [0.4, 0.5) is 0 Å². The molecule has 0 aromatic carbocycles. The molecular weight excluding hydrogens is 203 g/mol. The lowest BCUT2D eigenvalue weighted by molar-refractivity contribution is 0.426. The van der Waals surface area contributed by atoms with E-state index in [2.05, 4.69) is 15.9 Å². The van der Waals surface area contributed by atoms with Crippen LogP contribution in [0.1, 0.15) is 0 Å². The van der Waals surface area contributed by atoms with Gasteiger partial charge in [-0.1, -0.05) is 0 Å². The van der Waals surface area contributed by atoms with Crippen LogP contribution < -0.4 is 5.46 Å². The molecule has 1 heterocycles. The Hall–Kier alpha value is 0.165. The summed E-state index contributed by atoms with van der Waals surface area (Å²) in [4.78, 5) is 0. The molecule has 0 saturated heterocycles. The average Bonchev–Trinajstić information content (AvgIpc) is 2.14. The Morgan fingerprint density at radius 2 is 2.22 bits per heavy atom. The first kappa shape index (κ1) is 7.27. The minimum absolute atomic E-state index is 0.534. The van der Waals surface area contributed by atoms with E-state index in [1.54, 1.807) is 11.4 Å². The van der Waals surface area contributed by atoms with Crippen molar-refractivity contribution < 1.29 is 10.0 Å². The quantitative estimate of drug-likeness (QED) is 0.645. The van der Waals surface area contributed by atoms with Crippen molar-refractivity contribution in [3.63, 3.8) is 0 Å². The van der Waals surface area contributed by atoms with E-state index in [1.807, 2.05) is 0 Å². The minimum atomic E-state index is -1.34. The monoisotopic (exact) mass is 206 g/mol. The molecule has 0 spiro atoms. The Morgan fingerprint density at radius 3 is 2.44 bits per heavy atom. The number of rotatable bonds is 1. The van der Waals surface area contributed by atoms with Gasteiger partial charge in [-0.25, -0.2) is 0 Å². The van der Waals surface area contributed by atoms with E-state index in [-0.39, 0.29) is 0 Å². The summed E-state index contributed by atoms with van der Waals surface area (Å²) in [6, 6.07) is 1.68. The molecular formula is C4H4BBrO2S. The van der Waals surface area contributed by atoms with Crippen molar-refractivity contribution in [2.75, 3.05) is 0 Å². The highest BCUT2D eigenvalue weighted by atomic mass is 79.9. The second-order valence-corrected chi connectivity index (χ2v) is 3.85. The topological polar surface area (TPSA) is 40.5 Å². The lowest BCUT2D eigenvalue weighted by atomic mass is 9.83. The summed E-state index contributed by atoms with van der Waals surface area (Å²) in [6.07, 6.45) is 0. The summed E-state index contributed by atoms with van der Waals surface area (Å²) in [5, 5.41) is 18.8. The molecule has 0 aliphatic carbocycles. The molecule has 1 aromatic heterocycles. The first-order valence-corrected chi connectivity index (χ1v) is 3.97. The third-order valence-electron chi connectivity index (χ3n) is 0.886. The van der Waals surface area contributed by atoms with Crippen LogP contribution in [-0.2, 0) is 0 Å². The summed E-state index contributed by atoms with van der Waals surface area (Å²) in [7, 11) is -1.34. The Bertz CT molecular complexity index is 200. The second kappa shape index (κ2) is 2.83. The van der Waals surface area contributed by atoms with Gasteiger partial charge in [0.05, 0.1) is 3.79 Å². The standard InChI is InChI=1S/C4H4BBrO2S/c6-4-1-3(2-9-4)5(7)8/h1-2,7-8H. The van der Waals surface area contributed by atoms with Crippen LogP contribution in [0.25, 0.3) is 0 Å². The Labute approximate surface area is 65.4 Å². The fourth-order valence-corrected chi connectivity index (χ4v) is 1.65. The molecule has 2 nitrogen and oxygen atoms in total. The van der Waals surface area contributed by atoms with Gasteiger partial charge >= 0.3 is 7.12 Å². The van der Waals surface area contributed by atoms with E-state index in [9.17, 15) is 0 Å². The number of hydrogen-bond donors (Lipinski definition) is 2. The fourth-order valence-electron chi connectivity index (χ4n) is 0.459. The predicted molar refractivity (Wildman–Crippen MR) is 41.8 cm³/mol. The van der Waals surface area contributed by atoms with E-state index in [0.717, 1.165) is 3.79 Å². The van der Waals surface area contributed by atoms with Crippen LogP contribution in [0, 0.1) is 0 Å². The van der Waals surface area contributed by atoms with Crippen LogP contribution in [0.5, 0.6) is 0 Å². The summed E-state index contributed by atoms with van der Waals surface area (Å²) in [6.45, 7) is 0. The van der Waals surface area contributed by atoms with Crippen molar-refractivity contribution in [3.05, 3.63) is 15.2 Å². The first-order valence-electron chi connectivity index (χ1n) is 2.30. The van der Waals surface area contributed by atoms with Crippen LogP contribution in [0.3, 0.4) is 0 Å². The molecule has 9 heavy (non-hydrogen) atoms. The molecule has 0 fully saturated rings. The van der Waals surface area contributed by atoms with E-state index >= 15 is 0 Å². The highest BCUT2D eigenvalue weighted by Gasteiger charge is 2.11. The normalized spacial score (nSPS) is 9.67. The molecule has 48 valence electrons. The van der Waals surface area contributed by atoms with Crippen molar-refractivity contribution >= 4 is 39.8 Å².